The second-order valence-electron chi connectivity index (χ2n) is 14.7. The largest absolute Gasteiger partial charge is 0.340 e. The molecule has 0 amide bonds. The fourth-order valence-corrected chi connectivity index (χ4v) is 8.63. The van der Waals surface area contributed by atoms with E-state index < -0.39 is 0 Å². The van der Waals surface area contributed by atoms with Gasteiger partial charge in [-0.15, -0.1) is 0 Å². The Hall–Kier alpha value is -6.12. The normalized spacial score (nSPS) is 19.3. The van der Waals surface area contributed by atoms with Crippen molar-refractivity contribution in [2.75, 3.05) is 16.3 Å². The molecule has 0 N–H and O–H groups in total. The lowest BCUT2D eigenvalue weighted by Gasteiger charge is -2.43. The van der Waals surface area contributed by atoms with Crippen LogP contribution in [0.25, 0.3) is 16.7 Å². The third-order valence-corrected chi connectivity index (χ3v) is 11.4. The molecule has 3 unspecified atom stereocenters. The highest BCUT2D eigenvalue weighted by molar-refractivity contribution is 5.86. The van der Waals surface area contributed by atoms with Crippen molar-refractivity contribution < 1.29 is 0 Å². The fraction of sp³-hybridized carbons (Fsp3) is 0.170. The Bertz CT molecular complexity index is 2280. The summed E-state index contributed by atoms with van der Waals surface area (Å²) in [7, 11) is 0. The molecule has 5 aromatic carbocycles. The van der Waals surface area contributed by atoms with E-state index in [1.165, 1.54) is 57.8 Å². The lowest BCUT2D eigenvalue weighted by Crippen LogP contribution is -2.46. The van der Waals surface area contributed by atoms with Crippen molar-refractivity contribution >= 4 is 28.3 Å². The van der Waals surface area contributed by atoms with Gasteiger partial charge in [0.1, 0.15) is 0 Å². The number of allylic oxidation sites excluding steroid dienone is 9. The van der Waals surface area contributed by atoms with Crippen LogP contribution in [0.3, 0.4) is 0 Å². The van der Waals surface area contributed by atoms with Crippen molar-refractivity contribution in [1.29, 1.82) is 0 Å². The Labute approximate surface area is 329 Å². The number of unbranched alkanes of at least 4 members (excludes halogenated alkanes) is 1. The van der Waals surface area contributed by atoms with E-state index in [0.29, 0.717) is 0 Å². The Morgan fingerprint density at radius 2 is 1.42 bits per heavy atom. The minimum Gasteiger partial charge on any atom is -0.340 e. The molecule has 5 aromatic rings. The topological polar surface area (TPSA) is 6.48 Å². The van der Waals surface area contributed by atoms with Gasteiger partial charge in [0.2, 0.25) is 0 Å². The molecule has 2 nitrogen and oxygen atoms in total. The molecule has 1 spiro atoms. The smallest absolute Gasteiger partial charge is 0.0601 e. The minimum atomic E-state index is -0.0967. The van der Waals surface area contributed by atoms with Crippen molar-refractivity contribution in [3.8, 4) is 11.1 Å². The Kier molecular flexibility index (Phi) is 11.2. The molecule has 2 aliphatic heterocycles. The maximum atomic E-state index is 4.37. The third kappa shape index (κ3) is 7.01. The van der Waals surface area contributed by atoms with E-state index in [9.17, 15) is 0 Å². The van der Waals surface area contributed by atoms with Crippen molar-refractivity contribution in [2.24, 2.45) is 0 Å². The van der Waals surface area contributed by atoms with Crippen LogP contribution in [0.2, 0.25) is 0 Å². The van der Waals surface area contributed by atoms with Gasteiger partial charge in [0.25, 0.3) is 0 Å². The maximum absolute atomic E-state index is 4.37. The predicted molar refractivity (Wildman–Crippen MR) is 239 cm³/mol. The highest BCUT2D eigenvalue weighted by Gasteiger charge is 2.56. The van der Waals surface area contributed by atoms with E-state index in [0.717, 1.165) is 35.2 Å². The van der Waals surface area contributed by atoms with E-state index in [1.54, 1.807) is 6.08 Å². The third-order valence-electron chi connectivity index (χ3n) is 11.4. The molecule has 55 heavy (non-hydrogen) atoms. The van der Waals surface area contributed by atoms with Gasteiger partial charge in [0.05, 0.1) is 6.04 Å². The van der Waals surface area contributed by atoms with Gasteiger partial charge in [0.15, 0.2) is 0 Å². The van der Waals surface area contributed by atoms with Crippen LogP contribution in [0.15, 0.2) is 207 Å². The van der Waals surface area contributed by atoms with Gasteiger partial charge in [-0.25, -0.2) is 0 Å². The van der Waals surface area contributed by atoms with Crippen LogP contribution in [-0.2, 0) is 5.41 Å². The molecule has 0 bridgehead atoms. The van der Waals surface area contributed by atoms with E-state index in [1.807, 2.05) is 24.3 Å². The summed E-state index contributed by atoms with van der Waals surface area (Å²) in [6, 6.07) is 46.9. The zero-order valence-corrected chi connectivity index (χ0v) is 32.4. The van der Waals surface area contributed by atoms with Crippen LogP contribution < -0.4 is 9.80 Å². The average Bonchev–Trinajstić information content (AvgIpc) is 3.76. The van der Waals surface area contributed by atoms with Gasteiger partial charge in [-0.3, -0.25) is 0 Å². The van der Waals surface area contributed by atoms with Gasteiger partial charge in [-0.2, -0.15) is 0 Å². The van der Waals surface area contributed by atoms with Gasteiger partial charge in [0, 0.05) is 40.6 Å². The van der Waals surface area contributed by atoms with Crippen LogP contribution in [0.5, 0.6) is 0 Å². The number of nitrogens with zero attached hydrogens (tertiary/aromatic N) is 2. The number of anilines is 4. The highest BCUT2D eigenvalue weighted by Crippen LogP contribution is 2.61. The van der Waals surface area contributed by atoms with E-state index in [-0.39, 0.29) is 17.4 Å². The number of hydrogen-bond donors (Lipinski definition) is 0. The molecule has 1 aliphatic carbocycles. The molecule has 0 saturated carbocycles. The van der Waals surface area contributed by atoms with Gasteiger partial charge < -0.3 is 9.80 Å². The first kappa shape index (κ1) is 37.2. The Morgan fingerprint density at radius 1 is 0.727 bits per heavy atom. The molecule has 2 heterocycles. The SMILES string of the molecule is C=C/C=C\C(=C)C(=C)/C(=C\C=C)c1ccc(N2c3ccccc3C3C2C=CCC32CN(c3cccc(-c4ccccc4)c3)c3ccccc32)cc1.CCCC. The first-order chi connectivity index (χ1) is 26.9. The zero-order valence-electron chi connectivity index (χ0n) is 32.4. The summed E-state index contributed by atoms with van der Waals surface area (Å²) in [4.78, 5) is 5.12. The van der Waals surface area contributed by atoms with Crippen molar-refractivity contribution in [3.63, 3.8) is 0 Å². The van der Waals surface area contributed by atoms with E-state index in [4.69, 9.17) is 0 Å². The molecule has 274 valence electrons. The highest BCUT2D eigenvalue weighted by atomic mass is 15.2. The summed E-state index contributed by atoms with van der Waals surface area (Å²) in [5, 5.41) is 0. The van der Waals surface area contributed by atoms with Gasteiger partial charge >= 0.3 is 0 Å². The first-order valence-corrected chi connectivity index (χ1v) is 19.6. The molecule has 8 rings (SSSR count). The van der Waals surface area contributed by atoms with Crippen molar-refractivity contribution in [3.05, 3.63) is 224 Å². The zero-order chi connectivity index (χ0) is 38.4. The molecule has 0 radical (unpaired) electrons. The molecule has 3 atom stereocenters. The van der Waals surface area contributed by atoms with E-state index in [2.05, 4.69) is 190 Å². The van der Waals surface area contributed by atoms with Gasteiger partial charge in [-0.1, -0.05) is 187 Å². The van der Waals surface area contributed by atoms with Crippen LogP contribution in [-0.4, -0.2) is 12.6 Å². The van der Waals surface area contributed by atoms with Crippen LogP contribution in [0.1, 0.15) is 55.7 Å². The summed E-state index contributed by atoms with van der Waals surface area (Å²) in [5.74, 6) is 0.276. The summed E-state index contributed by atoms with van der Waals surface area (Å²) >= 11 is 0. The molecule has 0 fully saturated rings. The standard InChI is InChI=1S/C49H42N2.C4H10/c1-5-7-18-35(3)36(4)42(17-6-2)38-28-30-40(31-29-38)51-45-25-13-11-23-43(45)48-47(51)27-16-32-49(48)34-50(46-26-14-12-24-44(46)49)41-22-15-21-39(33-41)37-19-9-8-10-20-37;1-3-4-2/h5-31,33,47-48H,1-4,32,34H2;3-4H2,1-2H3/b18-7-,42-17+;. The quantitative estimate of drug-likeness (QED) is 0.105. The average molecular weight is 717 g/mol. The van der Waals surface area contributed by atoms with Crippen LogP contribution in [0, 0.1) is 0 Å². The monoisotopic (exact) mass is 716 g/mol. The van der Waals surface area contributed by atoms with Gasteiger partial charge in [-0.05, 0) is 87.4 Å². The lowest BCUT2D eigenvalue weighted by atomic mass is 9.62. The van der Waals surface area contributed by atoms with Crippen LogP contribution in [0.4, 0.5) is 22.7 Å². The Balaban J connectivity index is 0.00000111. The number of para-hydroxylation sites is 2. The number of hydrogen-bond acceptors (Lipinski definition) is 2. The van der Waals surface area contributed by atoms with Crippen molar-refractivity contribution in [1.82, 2.24) is 0 Å². The molecule has 3 aliphatic rings. The van der Waals surface area contributed by atoms with Crippen LogP contribution >= 0.6 is 0 Å². The second kappa shape index (κ2) is 16.5. The molecular formula is C53H52N2. The number of rotatable bonds is 10. The minimum absolute atomic E-state index is 0.0967. The summed E-state index contributed by atoms with van der Waals surface area (Å²) < 4.78 is 0. The molecule has 2 heteroatoms. The summed E-state index contributed by atoms with van der Waals surface area (Å²) in [5.41, 5.74) is 14.0. The number of fused-ring (bicyclic) bond motifs is 6. The second-order valence-corrected chi connectivity index (χ2v) is 14.7. The molecule has 0 aromatic heterocycles. The molecular weight excluding hydrogens is 665 g/mol. The Morgan fingerprint density at radius 3 is 2.15 bits per heavy atom. The predicted octanol–water partition coefficient (Wildman–Crippen LogP) is 14.2. The summed E-state index contributed by atoms with van der Waals surface area (Å²) in [6.07, 6.45) is 17.9. The lowest BCUT2D eigenvalue weighted by molar-refractivity contribution is 0.345. The first-order valence-electron chi connectivity index (χ1n) is 19.6. The van der Waals surface area contributed by atoms with E-state index >= 15 is 0 Å². The fourth-order valence-electron chi connectivity index (χ4n) is 8.63. The maximum Gasteiger partial charge on any atom is 0.0601 e. The summed E-state index contributed by atoms with van der Waals surface area (Å²) in [6.45, 7) is 21.6. The van der Waals surface area contributed by atoms with Crippen molar-refractivity contribution in [2.45, 2.75) is 50.5 Å². The number of benzene rings is 5. The molecule has 0 saturated heterocycles.